The molecular formula is C22H23N5O2. The zero-order valence-electron chi connectivity index (χ0n) is 16.7. The quantitative estimate of drug-likeness (QED) is 0.547. The summed E-state index contributed by atoms with van der Waals surface area (Å²) < 4.78 is 8.13. The molecule has 29 heavy (non-hydrogen) atoms. The molecule has 1 aliphatic carbocycles. The largest absolute Gasteiger partial charge is 0.508 e. The van der Waals surface area contributed by atoms with Crippen molar-refractivity contribution in [1.82, 2.24) is 19.5 Å². The summed E-state index contributed by atoms with van der Waals surface area (Å²) in [4.78, 5) is 13.6. The highest BCUT2D eigenvalue weighted by Crippen LogP contribution is 2.39. The molecule has 0 spiro atoms. The highest BCUT2D eigenvalue weighted by Gasteiger charge is 2.24. The molecule has 0 atom stereocenters. The number of aryl methyl sites for hydroxylation is 2. The molecule has 1 fully saturated rings. The normalized spacial score (nSPS) is 14.4. The minimum atomic E-state index is 0.226. The van der Waals surface area contributed by atoms with Crippen LogP contribution in [-0.2, 0) is 0 Å². The van der Waals surface area contributed by atoms with Crippen LogP contribution in [0.3, 0.4) is 0 Å². The summed E-state index contributed by atoms with van der Waals surface area (Å²) in [6, 6.07) is 5.59. The van der Waals surface area contributed by atoms with Crippen LogP contribution < -0.4 is 10.5 Å². The summed E-state index contributed by atoms with van der Waals surface area (Å²) in [5.41, 5.74) is 11.1. The fourth-order valence-corrected chi connectivity index (χ4v) is 4.01. The van der Waals surface area contributed by atoms with Gasteiger partial charge in [-0.1, -0.05) is 6.07 Å². The van der Waals surface area contributed by atoms with Gasteiger partial charge in [0.1, 0.15) is 29.3 Å². The van der Waals surface area contributed by atoms with Crippen molar-refractivity contribution >= 4 is 27.9 Å². The maximum absolute atomic E-state index is 10.3. The third kappa shape index (κ3) is 2.61. The Balaban J connectivity index is 1.88. The molecule has 0 unspecified atom stereocenters. The fourth-order valence-electron chi connectivity index (χ4n) is 4.01. The minimum absolute atomic E-state index is 0.226. The molecule has 1 aromatic carbocycles. The van der Waals surface area contributed by atoms with E-state index in [9.17, 15) is 5.11 Å². The van der Waals surface area contributed by atoms with E-state index in [4.69, 9.17) is 15.5 Å². The summed E-state index contributed by atoms with van der Waals surface area (Å²) in [6.07, 6.45) is 5.07. The lowest BCUT2D eigenvalue weighted by molar-refractivity contribution is 0.119. The van der Waals surface area contributed by atoms with Gasteiger partial charge >= 0.3 is 0 Å². The molecule has 1 aliphatic rings. The van der Waals surface area contributed by atoms with Crippen LogP contribution in [0.25, 0.3) is 27.8 Å². The van der Waals surface area contributed by atoms with Crippen LogP contribution in [0.4, 0.5) is 5.82 Å². The van der Waals surface area contributed by atoms with Gasteiger partial charge in [0.2, 0.25) is 0 Å². The van der Waals surface area contributed by atoms with E-state index in [-0.39, 0.29) is 11.9 Å². The fraction of sp³-hybridized carbons (Fsp3) is 0.318. The predicted molar refractivity (Wildman–Crippen MR) is 113 cm³/mol. The van der Waals surface area contributed by atoms with Gasteiger partial charge in [-0.25, -0.2) is 15.0 Å². The second kappa shape index (κ2) is 6.34. The number of aromatic nitrogens is 4. The van der Waals surface area contributed by atoms with E-state index in [2.05, 4.69) is 9.97 Å². The Kier molecular flexibility index (Phi) is 3.87. The van der Waals surface area contributed by atoms with Crippen LogP contribution >= 0.6 is 0 Å². The molecule has 1 saturated carbocycles. The van der Waals surface area contributed by atoms with Crippen molar-refractivity contribution in [2.45, 2.75) is 46.1 Å². The number of hydrogen-bond acceptors (Lipinski definition) is 6. The number of anilines is 1. The van der Waals surface area contributed by atoms with Gasteiger partial charge in [0.05, 0.1) is 22.9 Å². The lowest BCUT2D eigenvalue weighted by atomic mass is 9.96. The lowest BCUT2D eigenvalue weighted by Crippen LogP contribution is -2.25. The number of nitrogen functional groups attached to an aromatic ring is 1. The van der Waals surface area contributed by atoms with Crippen LogP contribution in [-0.4, -0.2) is 30.7 Å². The van der Waals surface area contributed by atoms with E-state index in [0.29, 0.717) is 11.5 Å². The SMILES string of the molecule is Cc1ccc(O)c(C)c1-n1c2nc(C)c(OC3CCC3)cc2c2c(N)ncnc21. The lowest BCUT2D eigenvalue weighted by Gasteiger charge is -2.27. The summed E-state index contributed by atoms with van der Waals surface area (Å²) >= 11 is 0. The molecular weight excluding hydrogens is 366 g/mol. The molecule has 0 bridgehead atoms. The Morgan fingerprint density at radius 2 is 1.93 bits per heavy atom. The van der Waals surface area contributed by atoms with E-state index >= 15 is 0 Å². The van der Waals surface area contributed by atoms with E-state index in [0.717, 1.165) is 57.5 Å². The van der Waals surface area contributed by atoms with Crippen LogP contribution in [0.2, 0.25) is 0 Å². The monoisotopic (exact) mass is 389 g/mol. The Bertz CT molecular complexity index is 1270. The topological polar surface area (TPSA) is 99.1 Å². The third-order valence-electron chi connectivity index (χ3n) is 5.87. The maximum Gasteiger partial charge on any atom is 0.152 e. The molecule has 4 aromatic rings. The van der Waals surface area contributed by atoms with E-state index in [1.54, 1.807) is 6.07 Å². The number of phenolic OH excluding ortho intramolecular Hbond substituents is 1. The van der Waals surface area contributed by atoms with Crippen LogP contribution in [0.5, 0.6) is 11.5 Å². The van der Waals surface area contributed by atoms with Crippen molar-refractivity contribution in [2.24, 2.45) is 0 Å². The van der Waals surface area contributed by atoms with Gasteiger partial charge in [0.25, 0.3) is 0 Å². The number of rotatable bonds is 3. The smallest absolute Gasteiger partial charge is 0.152 e. The van der Waals surface area contributed by atoms with Crippen LogP contribution in [0.15, 0.2) is 24.5 Å². The first kappa shape index (κ1) is 17.7. The highest BCUT2D eigenvalue weighted by atomic mass is 16.5. The Morgan fingerprint density at radius 1 is 1.14 bits per heavy atom. The number of pyridine rings is 1. The first-order valence-electron chi connectivity index (χ1n) is 9.84. The molecule has 5 rings (SSSR count). The van der Waals surface area contributed by atoms with Crippen molar-refractivity contribution in [3.8, 4) is 17.2 Å². The molecule has 0 aliphatic heterocycles. The summed E-state index contributed by atoms with van der Waals surface area (Å²) in [7, 11) is 0. The van der Waals surface area contributed by atoms with Gasteiger partial charge in [-0.15, -0.1) is 0 Å². The molecule has 7 nitrogen and oxygen atoms in total. The summed E-state index contributed by atoms with van der Waals surface area (Å²) in [6.45, 7) is 5.85. The standard InChI is InChI=1S/C22H23N5O2/c1-11-7-8-16(28)12(2)19(11)27-21-15(18-20(23)24-10-25-22(18)27)9-17(13(3)26-21)29-14-5-4-6-14/h7-10,14,28H,4-6H2,1-3H3,(H2,23,24,25). The van der Waals surface area contributed by atoms with Crippen molar-refractivity contribution in [3.05, 3.63) is 41.3 Å². The van der Waals surface area contributed by atoms with Crippen molar-refractivity contribution < 1.29 is 9.84 Å². The van der Waals surface area contributed by atoms with E-state index < -0.39 is 0 Å². The van der Waals surface area contributed by atoms with Gasteiger partial charge in [0.15, 0.2) is 5.65 Å². The number of ether oxygens (including phenoxy) is 1. The van der Waals surface area contributed by atoms with E-state index in [1.165, 1.54) is 12.7 Å². The second-order valence-electron chi connectivity index (χ2n) is 7.78. The molecule has 0 saturated heterocycles. The first-order valence-corrected chi connectivity index (χ1v) is 9.84. The number of nitrogens with zero attached hydrogens (tertiary/aromatic N) is 4. The number of nitrogens with two attached hydrogens (primary N) is 1. The zero-order valence-corrected chi connectivity index (χ0v) is 16.7. The number of fused-ring (bicyclic) bond motifs is 3. The molecule has 148 valence electrons. The Morgan fingerprint density at radius 3 is 2.66 bits per heavy atom. The predicted octanol–water partition coefficient (Wildman–Crippen LogP) is 4.11. The molecule has 3 aromatic heterocycles. The molecule has 0 amide bonds. The second-order valence-corrected chi connectivity index (χ2v) is 7.78. The van der Waals surface area contributed by atoms with E-state index in [1.807, 2.05) is 37.5 Å². The molecule has 0 radical (unpaired) electrons. The summed E-state index contributed by atoms with van der Waals surface area (Å²) in [5, 5.41) is 11.9. The number of hydrogen-bond donors (Lipinski definition) is 2. The van der Waals surface area contributed by atoms with Crippen molar-refractivity contribution in [3.63, 3.8) is 0 Å². The van der Waals surface area contributed by atoms with Crippen LogP contribution in [0, 0.1) is 20.8 Å². The molecule has 3 heterocycles. The van der Waals surface area contributed by atoms with Gasteiger partial charge in [-0.2, -0.15) is 0 Å². The average molecular weight is 389 g/mol. The van der Waals surface area contributed by atoms with Crippen LogP contribution in [0.1, 0.15) is 36.1 Å². The number of aromatic hydroxyl groups is 1. The molecule has 7 heteroatoms. The van der Waals surface area contributed by atoms with Gasteiger partial charge in [-0.3, -0.25) is 4.57 Å². The van der Waals surface area contributed by atoms with Gasteiger partial charge in [-0.05, 0) is 57.7 Å². The third-order valence-corrected chi connectivity index (χ3v) is 5.87. The maximum atomic E-state index is 10.3. The highest BCUT2D eigenvalue weighted by molar-refractivity contribution is 6.11. The number of phenols is 1. The van der Waals surface area contributed by atoms with Gasteiger partial charge in [0, 0.05) is 10.9 Å². The Hall–Kier alpha value is -3.35. The van der Waals surface area contributed by atoms with Crippen molar-refractivity contribution in [1.29, 1.82) is 0 Å². The average Bonchev–Trinajstić information content (AvgIpc) is 2.96. The summed E-state index contributed by atoms with van der Waals surface area (Å²) in [5.74, 6) is 1.40. The van der Waals surface area contributed by atoms with Crippen molar-refractivity contribution in [2.75, 3.05) is 5.73 Å². The Labute approximate surface area is 168 Å². The molecule has 3 N–H and O–H groups in total. The zero-order chi connectivity index (χ0) is 20.3. The minimum Gasteiger partial charge on any atom is -0.508 e. The first-order chi connectivity index (χ1) is 14.0. The van der Waals surface area contributed by atoms with Gasteiger partial charge < -0.3 is 15.6 Å². The number of benzene rings is 1.